The monoisotopic (exact) mass is 470 g/mol. The Morgan fingerprint density at radius 3 is 2.25 bits per heavy atom. The molecule has 1 fully saturated rings. The summed E-state index contributed by atoms with van der Waals surface area (Å²) in [6, 6.07) is 16.5. The highest BCUT2D eigenvalue weighted by atomic mass is 32.2. The molecule has 2 aromatic carbocycles. The molecule has 0 spiro atoms. The highest BCUT2D eigenvalue weighted by Crippen LogP contribution is 2.25. The van der Waals surface area contributed by atoms with E-state index < -0.39 is 9.84 Å². The van der Waals surface area contributed by atoms with Crippen LogP contribution in [0.2, 0.25) is 0 Å². The van der Waals surface area contributed by atoms with Crippen LogP contribution in [0.3, 0.4) is 0 Å². The molecular formula is C24H30N4O2S2. The van der Waals surface area contributed by atoms with Crippen molar-refractivity contribution in [2.75, 3.05) is 18.1 Å². The Morgan fingerprint density at radius 2 is 1.69 bits per heavy atom. The average molecular weight is 471 g/mol. The van der Waals surface area contributed by atoms with Crippen LogP contribution in [0.25, 0.3) is 17.1 Å². The molecule has 6 nitrogen and oxygen atoms in total. The maximum atomic E-state index is 12.1. The maximum Gasteiger partial charge on any atom is 0.204 e. The minimum Gasteiger partial charge on any atom is -0.280 e. The van der Waals surface area contributed by atoms with Crippen molar-refractivity contribution >= 4 is 22.1 Å². The van der Waals surface area contributed by atoms with Crippen molar-refractivity contribution in [1.82, 2.24) is 19.2 Å². The molecule has 1 aliphatic rings. The van der Waals surface area contributed by atoms with Crippen LogP contribution in [0.4, 0.5) is 0 Å². The lowest BCUT2D eigenvalue weighted by molar-refractivity contribution is 0.155. The zero-order valence-electron chi connectivity index (χ0n) is 18.9. The van der Waals surface area contributed by atoms with E-state index in [0.717, 1.165) is 30.0 Å². The molecule has 1 atom stereocenters. The van der Waals surface area contributed by atoms with E-state index in [0.29, 0.717) is 17.9 Å². The fraction of sp³-hybridized carbons (Fsp3) is 0.417. The van der Waals surface area contributed by atoms with Gasteiger partial charge < -0.3 is 0 Å². The predicted octanol–water partition coefficient (Wildman–Crippen LogP) is 4.54. The summed E-state index contributed by atoms with van der Waals surface area (Å²) in [5.74, 6) is 1.26. The number of sulfone groups is 1. The molecule has 3 aromatic rings. The van der Waals surface area contributed by atoms with Gasteiger partial charge in [0.25, 0.3) is 0 Å². The van der Waals surface area contributed by atoms with Crippen LogP contribution in [-0.2, 0) is 16.5 Å². The highest BCUT2D eigenvalue weighted by molar-refractivity contribution is 7.91. The number of aryl methyl sites for hydroxylation is 2. The van der Waals surface area contributed by atoms with E-state index in [1.165, 1.54) is 11.1 Å². The molecule has 4 rings (SSSR count). The number of hydrogen-bond donors (Lipinski definition) is 0. The molecule has 170 valence electrons. The maximum absolute atomic E-state index is 12.1. The summed E-state index contributed by atoms with van der Waals surface area (Å²) in [5.41, 5.74) is 4.32. The molecule has 0 N–H and O–H groups in total. The predicted molar refractivity (Wildman–Crippen MR) is 131 cm³/mol. The molecule has 0 saturated carbocycles. The zero-order valence-corrected chi connectivity index (χ0v) is 20.5. The molecule has 1 saturated heterocycles. The van der Waals surface area contributed by atoms with E-state index in [1.807, 2.05) is 9.25 Å². The van der Waals surface area contributed by atoms with Gasteiger partial charge in [-0.3, -0.25) is 9.47 Å². The zero-order chi connectivity index (χ0) is 22.9. The second-order valence-electron chi connectivity index (χ2n) is 8.65. The SMILES string of the molecule is CCCN(Cn1nc(-c2ccc(C)cc2)n(-c2ccc(C)cc2)c1=S)C1CCS(=O)(=O)C1. The third-order valence-corrected chi connectivity index (χ3v) is 8.14. The lowest BCUT2D eigenvalue weighted by Gasteiger charge is -2.27. The van der Waals surface area contributed by atoms with Gasteiger partial charge in [0.1, 0.15) is 0 Å². The van der Waals surface area contributed by atoms with E-state index in [2.05, 4.69) is 74.2 Å². The first kappa shape index (κ1) is 22.9. The molecule has 0 amide bonds. The fourth-order valence-corrected chi connectivity index (χ4v) is 6.26. The van der Waals surface area contributed by atoms with Crippen LogP contribution in [0.1, 0.15) is 30.9 Å². The first-order valence-corrected chi connectivity index (χ1v) is 13.3. The van der Waals surface area contributed by atoms with Crippen molar-refractivity contribution in [2.24, 2.45) is 0 Å². The lowest BCUT2D eigenvalue weighted by atomic mass is 10.1. The van der Waals surface area contributed by atoms with E-state index in [4.69, 9.17) is 17.3 Å². The highest BCUT2D eigenvalue weighted by Gasteiger charge is 2.32. The van der Waals surface area contributed by atoms with Gasteiger partial charge in [-0.1, -0.05) is 54.4 Å². The number of nitrogens with zero attached hydrogens (tertiary/aromatic N) is 4. The van der Waals surface area contributed by atoms with Gasteiger partial charge in [-0.25, -0.2) is 13.1 Å². The van der Waals surface area contributed by atoms with Gasteiger partial charge in [-0.2, -0.15) is 0 Å². The normalized spacial score (nSPS) is 17.8. The molecule has 1 aliphatic heterocycles. The Bertz CT molecular complexity index is 1240. The van der Waals surface area contributed by atoms with E-state index in [9.17, 15) is 8.42 Å². The molecule has 32 heavy (non-hydrogen) atoms. The average Bonchev–Trinajstić information content (AvgIpc) is 3.28. The molecule has 0 radical (unpaired) electrons. The first-order chi connectivity index (χ1) is 15.3. The van der Waals surface area contributed by atoms with Gasteiger partial charge in [0.05, 0.1) is 18.2 Å². The molecular weight excluding hydrogens is 440 g/mol. The summed E-state index contributed by atoms with van der Waals surface area (Å²) < 4.78 is 28.6. The van der Waals surface area contributed by atoms with Gasteiger partial charge >= 0.3 is 0 Å². The Hall–Kier alpha value is -2.29. The van der Waals surface area contributed by atoms with Gasteiger partial charge in [-0.15, -0.1) is 5.10 Å². The first-order valence-electron chi connectivity index (χ1n) is 11.1. The summed E-state index contributed by atoms with van der Waals surface area (Å²) in [7, 11) is -2.96. The molecule has 0 bridgehead atoms. The Kier molecular flexibility index (Phi) is 6.65. The third kappa shape index (κ3) is 4.87. The van der Waals surface area contributed by atoms with Gasteiger partial charge in [0, 0.05) is 17.3 Å². The Morgan fingerprint density at radius 1 is 1.06 bits per heavy atom. The van der Waals surface area contributed by atoms with E-state index >= 15 is 0 Å². The van der Waals surface area contributed by atoms with Gasteiger partial charge in [-0.05, 0) is 57.6 Å². The quantitative estimate of drug-likeness (QED) is 0.474. The van der Waals surface area contributed by atoms with Crippen LogP contribution < -0.4 is 0 Å². The van der Waals surface area contributed by atoms with Crippen molar-refractivity contribution in [3.63, 3.8) is 0 Å². The molecule has 1 unspecified atom stereocenters. The summed E-state index contributed by atoms with van der Waals surface area (Å²) in [4.78, 5) is 2.21. The number of rotatable bonds is 7. The Labute approximate surface area is 195 Å². The van der Waals surface area contributed by atoms with Gasteiger partial charge in [0.2, 0.25) is 4.77 Å². The summed E-state index contributed by atoms with van der Waals surface area (Å²) in [6.07, 6.45) is 1.60. The number of hydrogen-bond acceptors (Lipinski definition) is 5. The number of benzene rings is 2. The van der Waals surface area contributed by atoms with Crippen LogP contribution in [0.5, 0.6) is 0 Å². The summed E-state index contributed by atoms with van der Waals surface area (Å²) >= 11 is 5.89. The standard InChI is InChI=1S/C24H30N4O2S2/c1-4-14-26(22-13-15-32(29,30)16-22)17-27-24(31)28(21-11-7-19(3)8-12-21)23(25-27)20-9-5-18(2)6-10-20/h5-12,22H,4,13-17H2,1-3H3. The Balaban J connectivity index is 1.77. The largest absolute Gasteiger partial charge is 0.280 e. The van der Waals surface area contributed by atoms with Crippen LogP contribution in [0.15, 0.2) is 48.5 Å². The molecule has 8 heteroatoms. The summed E-state index contributed by atoms with van der Waals surface area (Å²) in [5, 5.41) is 4.92. The van der Waals surface area contributed by atoms with Crippen molar-refractivity contribution in [2.45, 2.75) is 46.3 Å². The number of aromatic nitrogens is 3. The smallest absolute Gasteiger partial charge is 0.204 e. The van der Waals surface area contributed by atoms with Crippen molar-refractivity contribution in [3.05, 3.63) is 64.4 Å². The second-order valence-corrected chi connectivity index (χ2v) is 11.2. The van der Waals surface area contributed by atoms with Gasteiger partial charge in [0.15, 0.2) is 15.7 Å². The topological polar surface area (TPSA) is 60.1 Å². The minimum absolute atomic E-state index is 0.00852. The van der Waals surface area contributed by atoms with Crippen molar-refractivity contribution in [3.8, 4) is 17.1 Å². The fourth-order valence-electron chi connectivity index (χ4n) is 4.21. The summed E-state index contributed by atoms with van der Waals surface area (Å²) in [6.45, 7) is 7.51. The molecule has 0 aliphatic carbocycles. The van der Waals surface area contributed by atoms with Crippen LogP contribution >= 0.6 is 12.2 Å². The van der Waals surface area contributed by atoms with Crippen molar-refractivity contribution < 1.29 is 8.42 Å². The second kappa shape index (κ2) is 9.29. The third-order valence-electron chi connectivity index (χ3n) is 5.99. The molecule has 1 aromatic heterocycles. The lowest BCUT2D eigenvalue weighted by Crippen LogP contribution is -2.38. The van der Waals surface area contributed by atoms with E-state index in [1.54, 1.807) is 0 Å². The molecule has 2 heterocycles. The van der Waals surface area contributed by atoms with Crippen LogP contribution in [0, 0.1) is 18.6 Å². The van der Waals surface area contributed by atoms with Crippen molar-refractivity contribution in [1.29, 1.82) is 0 Å². The van der Waals surface area contributed by atoms with Crippen LogP contribution in [-0.4, -0.2) is 51.8 Å². The van der Waals surface area contributed by atoms with E-state index in [-0.39, 0.29) is 17.5 Å². The minimum atomic E-state index is -2.96.